The van der Waals surface area contributed by atoms with Crippen LogP contribution in [0.5, 0.6) is 0 Å². The standard InChI is InChI=1S/C20H22F3NO2/c1-3-24(13-15-8-10-16(11-9-15)19(25)26)14(2)12-17-6-4-5-7-18(17)20(21,22)23/h4-11,14H,3,12-13H2,1-2H3,(H,25,26). The van der Waals surface area contributed by atoms with E-state index in [9.17, 15) is 18.0 Å². The molecular weight excluding hydrogens is 343 g/mol. The Kier molecular flexibility index (Phi) is 6.42. The highest BCUT2D eigenvalue weighted by molar-refractivity contribution is 5.87. The molecule has 0 amide bonds. The molecule has 0 radical (unpaired) electrons. The molecule has 26 heavy (non-hydrogen) atoms. The second-order valence-corrected chi connectivity index (χ2v) is 6.27. The molecule has 0 heterocycles. The molecule has 0 aliphatic carbocycles. The van der Waals surface area contributed by atoms with E-state index in [0.29, 0.717) is 13.1 Å². The number of halogens is 3. The summed E-state index contributed by atoms with van der Waals surface area (Å²) < 4.78 is 39.5. The lowest BCUT2D eigenvalue weighted by molar-refractivity contribution is -0.138. The number of rotatable bonds is 7. The number of carbonyl (C=O) groups is 1. The summed E-state index contributed by atoms with van der Waals surface area (Å²) in [6.07, 6.45) is -4.07. The highest BCUT2D eigenvalue weighted by atomic mass is 19.4. The Morgan fingerprint density at radius 1 is 1.12 bits per heavy atom. The number of aromatic carboxylic acids is 1. The fourth-order valence-corrected chi connectivity index (χ4v) is 2.99. The second kappa shape index (κ2) is 8.36. The van der Waals surface area contributed by atoms with Crippen LogP contribution in [0.4, 0.5) is 13.2 Å². The summed E-state index contributed by atoms with van der Waals surface area (Å²) in [5.74, 6) is -0.985. The van der Waals surface area contributed by atoms with Crippen molar-refractivity contribution in [1.82, 2.24) is 4.90 Å². The van der Waals surface area contributed by atoms with Gasteiger partial charge in [0.2, 0.25) is 0 Å². The quantitative estimate of drug-likeness (QED) is 0.762. The lowest BCUT2D eigenvalue weighted by atomic mass is 9.99. The largest absolute Gasteiger partial charge is 0.478 e. The van der Waals surface area contributed by atoms with E-state index in [-0.39, 0.29) is 23.6 Å². The molecule has 6 heteroatoms. The van der Waals surface area contributed by atoms with Crippen LogP contribution in [-0.2, 0) is 19.1 Å². The molecule has 0 saturated heterocycles. The van der Waals surface area contributed by atoms with Crippen molar-refractivity contribution >= 4 is 5.97 Å². The summed E-state index contributed by atoms with van der Waals surface area (Å²) in [7, 11) is 0. The number of hydrogen-bond donors (Lipinski definition) is 1. The van der Waals surface area contributed by atoms with Crippen LogP contribution >= 0.6 is 0 Å². The van der Waals surface area contributed by atoms with E-state index in [2.05, 4.69) is 4.90 Å². The molecule has 0 aromatic heterocycles. The third-order valence-electron chi connectivity index (χ3n) is 4.45. The molecule has 3 nitrogen and oxygen atoms in total. The van der Waals surface area contributed by atoms with Crippen LogP contribution in [-0.4, -0.2) is 28.6 Å². The van der Waals surface area contributed by atoms with Crippen LogP contribution in [0.3, 0.4) is 0 Å². The zero-order valence-electron chi connectivity index (χ0n) is 14.8. The molecule has 2 aromatic carbocycles. The van der Waals surface area contributed by atoms with Crippen molar-refractivity contribution in [3.05, 3.63) is 70.8 Å². The second-order valence-electron chi connectivity index (χ2n) is 6.27. The van der Waals surface area contributed by atoms with E-state index in [1.807, 2.05) is 13.8 Å². The molecule has 1 N–H and O–H groups in total. The van der Waals surface area contributed by atoms with E-state index in [1.165, 1.54) is 24.3 Å². The average molecular weight is 365 g/mol. The summed E-state index contributed by atoms with van der Waals surface area (Å²) in [4.78, 5) is 13.0. The van der Waals surface area contributed by atoms with E-state index in [4.69, 9.17) is 5.11 Å². The van der Waals surface area contributed by atoms with Gasteiger partial charge in [-0.05, 0) is 49.2 Å². The maximum atomic E-state index is 13.2. The third-order valence-corrected chi connectivity index (χ3v) is 4.45. The van der Waals surface area contributed by atoms with Gasteiger partial charge < -0.3 is 5.11 Å². The minimum absolute atomic E-state index is 0.0948. The Labute approximate surface area is 151 Å². The molecule has 2 aromatic rings. The molecule has 0 saturated carbocycles. The van der Waals surface area contributed by atoms with Gasteiger partial charge in [0, 0.05) is 12.6 Å². The van der Waals surface area contributed by atoms with Gasteiger partial charge in [-0.1, -0.05) is 37.3 Å². The minimum atomic E-state index is -4.36. The molecular formula is C20H22F3NO2. The first kappa shape index (κ1) is 20.0. The first-order chi connectivity index (χ1) is 12.2. The number of carboxylic acids is 1. The van der Waals surface area contributed by atoms with E-state index < -0.39 is 17.7 Å². The van der Waals surface area contributed by atoms with Crippen LogP contribution in [0.25, 0.3) is 0 Å². The number of nitrogens with zero attached hydrogens (tertiary/aromatic N) is 1. The molecule has 2 rings (SSSR count). The van der Waals surface area contributed by atoms with Gasteiger partial charge in [0.25, 0.3) is 0 Å². The SMILES string of the molecule is CCN(Cc1ccc(C(=O)O)cc1)C(C)Cc1ccccc1C(F)(F)F. The van der Waals surface area contributed by atoms with Crippen molar-refractivity contribution in [2.24, 2.45) is 0 Å². The predicted molar refractivity (Wildman–Crippen MR) is 94.1 cm³/mol. The lowest BCUT2D eigenvalue weighted by Crippen LogP contribution is -2.34. The van der Waals surface area contributed by atoms with Gasteiger partial charge in [-0.2, -0.15) is 13.2 Å². The van der Waals surface area contributed by atoms with Crippen molar-refractivity contribution in [3.8, 4) is 0 Å². The normalized spacial score (nSPS) is 13.0. The van der Waals surface area contributed by atoms with Crippen molar-refractivity contribution in [2.45, 2.75) is 39.0 Å². The van der Waals surface area contributed by atoms with E-state index >= 15 is 0 Å². The summed E-state index contributed by atoms with van der Waals surface area (Å²) in [6.45, 7) is 5.09. The Hall–Kier alpha value is -2.34. The molecule has 0 aliphatic rings. The van der Waals surface area contributed by atoms with E-state index in [1.54, 1.807) is 18.2 Å². The molecule has 140 valence electrons. The fourth-order valence-electron chi connectivity index (χ4n) is 2.99. The number of hydrogen-bond acceptors (Lipinski definition) is 2. The van der Waals surface area contributed by atoms with Gasteiger partial charge in [-0.25, -0.2) is 4.79 Å². The summed E-state index contributed by atoms with van der Waals surface area (Å²) in [6, 6.07) is 12.1. The minimum Gasteiger partial charge on any atom is -0.478 e. The average Bonchev–Trinajstić information content (AvgIpc) is 2.59. The van der Waals surface area contributed by atoms with Gasteiger partial charge in [0.05, 0.1) is 11.1 Å². The van der Waals surface area contributed by atoms with Crippen LogP contribution < -0.4 is 0 Å². The zero-order valence-corrected chi connectivity index (χ0v) is 14.8. The Morgan fingerprint density at radius 2 is 1.73 bits per heavy atom. The fraction of sp³-hybridized carbons (Fsp3) is 0.350. The molecule has 0 fully saturated rings. The van der Waals surface area contributed by atoms with Gasteiger partial charge in [-0.3, -0.25) is 4.90 Å². The molecule has 0 aliphatic heterocycles. The van der Waals surface area contributed by atoms with Gasteiger partial charge in [0.15, 0.2) is 0 Å². The van der Waals surface area contributed by atoms with Crippen molar-refractivity contribution in [1.29, 1.82) is 0 Å². The third kappa shape index (κ3) is 5.08. The first-order valence-electron chi connectivity index (χ1n) is 8.43. The smallest absolute Gasteiger partial charge is 0.416 e. The lowest BCUT2D eigenvalue weighted by Gasteiger charge is -2.29. The van der Waals surface area contributed by atoms with Gasteiger partial charge in [-0.15, -0.1) is 0 Å². The maximum Gasteiger partial charge on any atom is 0.416 e. The number of carboxylic acid groups (broad SMARTS) is 1. The number of likely N-dealkylation sites (N-methyl/N-ethyl adjacent to an activating group) is 1. The zero-order chi connectivity index (χ0) is 19.3. The van der Waals surface area contributed by atoms with Crippen molar-refractivity contribution in [3.63, 3.8) is 0 Å². The highest BCUT2D eigenvalue weighted by Gasteiger charge is 2.33. The Bertz CT molecular complexity index is 741. The molecule has 0 bridgehead atoms. The summed E-state index contributed by atoms with van der Waals surface area (Å²) in [5, 5.41) is 8.95. The van der Waals surface area contributed by atoms with Gasteiger partial charge >= 0.3 is 12.1 Å². The summed E-state index contributed by atoms with van der Waals surface area (Å²) in [5.41, 5.74) is 0.831. The maximum absolute atomic E-state index is 13.2. The Balaban J connectivity index is 2.12. The highest BCUT2D eigenvalue weighted by Crippen LogP contribution is 2.32. The van der Waals surface area contributed by atoms with Gasteiger partial charge in [0.1, 0.15) is 0 Å². The molecule has 1 atom stereocenters. The van der Waals surface area contributed by atoms with Crippen molar-refractivity contribution < 1.29 is 23.1 Å². The first-order valence-corrected chi connectivity index (χ1v) is 8.43. The van der Waals surface area contributed by atoms with Crippen LogP contribution in [0.15, 0.2) is 48.5 Å². The van der Waals surface area contributed by atoms with Crippen LogP contribution in [0, 0.1) is 0 Å². The predicted octanol–water partition coefficient (Wildman–Crippen LogP) is 4.86. The van der Waals surface area contributed by atoms with Crippen molar-refractivity contribution in [2.75, 3.05) is 6.54 Å². The molecule has 0 spiro atoms. The van der Waals surface area contributed by atoms with Crippen LogP contribution in [0.1, 0.15) is 40.9 Å². The molecule has 1 unspecified atom stereocenters. The summed E-state index contributed by atoms with van der Waals surface area (Å²) >= 11 is 0. The topological polar surface area (TPSA) is 40.5 Å². The Morgan fingerprint density at radius 3 is 2.27 bits per heavy atom. The van der Waals surface area contributed by atoms with Crippen LogP contribution in [0.2, 0.25) is 0 Å². The number of alkyl halides is 3. The number of benzene rings is 2. The monoisotopic (exact) mass is 365 g/mol. The van der Waals surface area contributed by atoms with E-state index in [0.717, 1.165) is 11.6 Å².